The second-order valence-electron chi connectivity index (χ2n) is 7.26. The van der Waals surface area contributed by atoms with Crippen LogP contribution in [0.1, 0.15) is 21.5 Å². The van der Waals surface area contributed by atoms with Crippen molar-refractivity contribution in [3.8, 4) is 0 Å². The van der Waals surface area contributed by atoms with Gasteiger partial charge in [0.15, 0.2) is 0 Å². The first-order chi connectivity index (χ1) is 15.1. The first-order valence-electron chi connectivity index (χ1n) is 10.0. The van der Waals surface area contributed by atoms with Gasteiger partial charge in [-0.3, -0.25) is 19.4 Å². The van der Waals surface area contributed by atoms with Gasteiger partial charge in [0.2, 0.25) is 0 Å². The molecule has 2 aromatic carbocycles. The average Bonchev–Trinajstić information content (AvgIpc) is 2.82. The van der Waals surface area contributed by atoms with E-state index in [1.807, 2.05) is 42.5 Å². The molecule has 0 saturated carbocycles. The smallest absolute Gasteiger partial charge is 0.316 e. The Hall–Kier alpha value is -4.00. The van der Waals surface area contributed by atoms with E-state index in [4.69, 9.17) is 0 Å². The quantitative estimate of drug-likeness (QED) is 0.628. The first kappa shape index (κ1) is 20.3. The topological polar surface area (TPSA) is 82.6 Å². The third-order valence-electron chi connectivity index (χ3n) is 5.14. The van der Waals surface area contributed by atoms with E-state index in [1.165, 1.54) is 4.90 Å². The number of pyridine rings is 1. The molecule has 31 heavy (non-hydrogen) atoms. The number of piperazine rings is 1. The molecule has 1 fully saturated rings. The molecule has 7 nitrogen and oxygen atoms in total. The molecule has 0 unspecified atom stereocenters. The van der Waals surface area contributed by atoms with E-state index in [0.717, 1.165) is 16.8 Å². The predicted molar refractivity (Wildman–Crippen MR) is 116 cm³/mol. The molecule has 0 atom stereocenters. The molecular formula is C24H22N4O3. The number of aromatic nitrogens is 1. The van der Waals surface area contributed by atoms with E-state index in [0.29, 0.717) is 31.7 Å². The Morgan fingerprint density at radius 3 is 2.35 bits per heavy atom. The van der Waals surface area contributed by atoms with Crippen LogP contribution in [0.4, 0.5) is 5.69 Å². The van der Waals surface area contributed by atoms with Crippen LogP contribution in [0, 0.1) is 0 Å². The van der Waals surface area contributed by atoms with E-state index in [2.05, 4.69) is 10.3 Å². The summed E-state index contributed by atoms with van der Waals surface area (Å²) in [7, 11) is 0. The van der Waals surface area contributed by atoms with Crippen LogP contribution < -0.4 is 10.2 Å². The molecule has 4 rings (SSSR count). The zero-order valence-electron chi connectivity index (χ0n) is 16.9. The molecule has 7 heteroatoms. The molecule has 1 N–H and O–H groups in total. The number of anilines is 1. The highest BCUT2D eigenvalue weighted by molar-refractivity contribution is 6.40. The second kappa shape index (κ2) is 9.21. The fourth-order valence-electron chi connectivity index (χ4n) is 3.45. The summed E-state index contributed by atoms with van der Waals surface area (Å²) in [6.45, 7) is 1.62. The maximum atomic E-state index is 12.6. The Morgan fingerprint density at radius 1 is 0.871 bits per heavy atom. The van der Waals surface area contributed by atoms with Crippen molar-refractivity contribution in [3.63, 3.8) is 0 Å². The number of hydrogen-bond acceptors (Lipinski definition) is 4. The number of nitrogens with one attached hydrogen (secondary N) is 1. The monoisotopic (exact) mass is 414 g/mol. The molecule has 1 saturated heterocycles. The molecule has 3 aromatic rings. The average molecular weight is 414 g/mol. The van der Waals surface area contributed by atoms with Crippen LogP contribution in [-0.4, -0.2) is 40.7 Å². The van der Waals surface area contributed by atoms with Crippen molar-refractivity contribution in [3.05, 3.63) is 95.8 Å². The van der Waals surface area contributed by atoms with Crippen LogP contribution >= 0.6 is 0 Å². The summed E-state index contributed by atoms with van der Waals surface area (Å²) < 4.78 is 0. The molecule has 0 radical (unpaired) electrons. The van der Waals surface area contributed by atoms with Gasteiger partial charge in [-0.1, -0.05) is 36.4 Å². The van der Waals surface area contributed by atoms with E-state index in [1.54, 1.807) is 41.6 Å². The van der Waals surface area contributed by atoms with Crippen molar-refractivity contribution >= 4 is 23.4 Å². The van der Waals surface area contributed by atoms with Gasteiger partial charge in [0.25, 0.3) is 5.91 Å². The lowest BCUT2D eigenvalue weighted by Gasteiger charge is -2.33. The fraction of sp³-hybridized carbons (Fsp3) is 0.167. The molecule has 1 aromatic heterocycles. The maximum Gasteiger partial charge on any atom is 0.316 e. The van der Waals surface area contributed by atoms with Crippen molar-refractivity contribution < 1.29 is 14.4 Å². The van der Waals surface area contributed by atoms with Crippen LogP contribution in [0.25, 0.3) is 0 Å². The highest BCUT2D eigenvalue weighted by Gasteiger charge is 2.33. The molecule has 3 amide bonds. The van der Waals surface area contributed by atoms with Crippen molar-refractivity contribution in [1.82, 2.24) is 15.2 Å². The Balaban J connectivity index is 1.34. The van der Waals surface area contributed by atoms with Gasteiger partial charge in [-0.2, -0.15) is 0 Å². The Bertz CT molecular complexity index is 1070. The summed E-state index contributed by atoms with van der Waals surface area (Å²) in [6.07, 6.45) is 3.39. The highest BCUT2D eigenvalue weighted by atomic mass is 16.2. The number of benzene rings is 2. The molecule has 1 aliphatic rings. The SMILES string of the molecule is O=C(NCc1cccnc1)c1ccc(CN2CCN(c3ccccc3)C(=O)C2=O)cc1. The second-order valence-corrected chi connectivity index (χ2v) is 7.26. The molecule has 0 aliphatic carbocycles. The van der Waals surface area contributed by atoms with Gasteiger partial charge in [-0.05, 0) is 41.5 Å². The van der Waals surface area contributed by atoms with E-state index >= 15 is 0 Å². The van der Waals surface area contributed by atoms with E-state index in [9.17, 15) is 14.4 Å². The standard InChI is InChI=1S/C24H22N4O3/c29-22(26-16-19-5-4-12-25-15-19)20-10-8-18(9-11-20)17-27-13-14-28(24(31)23(27)30)21-6-2-1-3-7-21/h1-12,15H,13-14,16-17H2,(H,26,29). The number of amides is 3. The predicted octanol–water partition coefficient (Wildman–Crippen LogP) is 2.39. The number of rotatable bonds is 6. The van der Waals surface area contributed by atoms with Crippen molar-refractivity contribution in [2.45, 2.75) is 13.1 Å². The van der Waals surface area contributed by atoms with Gasteiger partial charge in [0.05, 0.1) is 0 Å². The summed E-state index contributed by atoms with van der Waals surface area (Å²) in [4.78, 5) is 44.5. The Labute approximate surface area is 180 Å². The summed E-state index contributed by atoms with van der Waals surface area (Å²) >= 11 is 0. The van der Waals surface area contributed by atoms with Gasteiger partial charge >= 0.3 is 11.8 Å². The molecule has 0 bridgehead atoms. The van der Waals surface area contributed by atoms with Crippen molar-refractivity contribution in [1.29, 1.82) is 0 Å². The largest absolute Gasteiger partial charge is 0.348 e. The van der Waals surface area contributed by atoms with Crippen LogP contribution in [-0.2, 0) is 22.7 Å². The molecule has 0 spiro atoms. The lowest BCUT2D eigenvalue weighted by atomic mass is 10.1. The van der Waals surface area contributed by atoms with Gasteiger partial charge in [0, 0.05) is 49.8 Å². The van der Waals surface area contributed by atoms with Crippen LogP contribution in [0.15, 0.2) is 79.1 Å². The summed E-state index contributed by atoms with van der Waals surface area (Å²) in [5.41, 5.74) is 3.04. The molecule has 2 heterocycles. The van der Waals surface area contributed by atoms with Crippen molar-refractivity contribution in [2.24, 2.45) is 0 Å². The van der Waals surface area contributed by atoms with Gasteiger partial charge in [-0.15, -0.1) is 0 Å². The first-order valence-corrected chi connectivity index (χ1v) is 10.0. The number of para-hydroxylation sites is 1. The summed E-state index contributed by atoms with van der Waals surface area (Å²) in [6, 6.07) is 20.0. The van der Waals surface area contributed by atoms with Crippen LogP contribution in [0.3, 0.4) is 0 Å². The van der Waals surface area contributed by atoms with Crippen LogP contribution in [0.5, 0.6) is 0 Å². The number of carbonyl (C=O) groups is 3. The normalized spacial score (nSPS) is 13.9. The van der Waals surface area contributed by atoms with Gasteiger partial charge in [0.1, 0.15) is 0 Å². The number of carbonyl (C=O) groups excluding carboxylic acids is 3. The third-order valence-corrected chi connectivity index (χ3v) is 5.14. The highest BCUT2D eigenvalue weighted by Crippen LogP contribution is 2.19. The summed E-state index contributed by atoms with van der Waals surface area (Å²) in [5.74, 6) is -1.23. The molecule has 1 aliphatic heterocycles. The Kier molecular flexibility index (Phi) is 6.03. The lowest BCUT2D eigenvalue weighted by Crippen LogP contribution is -2.54. The van der Waals surface area contributed by atoms with Crippen molar-refractivity contribution in [2.75, 3.05) is 18.0 Å². The molecule has 156 valence electrons. The third kappa shape index (κ3) is 4.78. The maximum absolute atomic E-state index is 12.6. The van der Waals surface area contributed by atoms with Gasteiger partial charge < -0.3 is 15.1 Å². The Morgan fingerprint density at radius 2 is 1.65 bits per heavy atom. The zero-order chi connectivity index (χ0) is 21.6. The van der Waals surface area contributed by atoms with E-state index < -0.39 is 11.8 Å². The minimum absolute atomic E-state index is 0.182. The lowest BCUT2D eigenvalue weighted by molar-refractivity contribution is -0.146. The fourth-order valence-corrected chi connectivity index (χ4v) is 3.45. The molecular weight excluding hydrogens is 392 g/mol. The number of nitrogens with zero attached hydrogens (tertiary/aromatic N) is 3. The van der Waals surface area contributed by atoms with Gasteiger partial charge in [-0.25, -0.2) is 0 Å². The minimum atomic E-state index is -0.524. The van der Waals surface area contributed by atoms with E-state index in [-0.39, 0.29) is 5.91 Å². The van der Waals surface area contributed by atoms with Crippen LogP contribution in [0.2, 0.25) is 0 Å². The summed E-state index contributed by atoms with van der Waals surface area (Å²) in [5, 5.41) is 2.86. The zero-order valence-corrected chi connectivity index (χ0v) is 16.9. The minimum Gasteiger partial charge on any atom is -0.348 e. The number of hydrogen-bond donors (Lipinski definition) is 1.